The fraction of sp³-hybridized carbons (Fsp3) is 0.258. The van der Waals surface area contributed by atoms with E-state index in [9.17, 15) is 24.3 Å². The highest BCUT2D eigenvalue weighted by Gasteiger charge is 2.31. The van der Waals surface area contributed by atoms with Crippen LogP contribution < -0.4 is 21.7 Å². The molecule has 5 rings (SSSR count). The van der Waals surface area contributed by atoms with Crippen molar-refractivity contribution in [2.75, 3.05) is 5.75 Å². The van der Waals surface area contributed by atoms with Crippen LogP contribution >= 0.6 is 12.6 Å². The predicted octanol–water partition coefficient (Wildman–Crippen LogP) is 1.20. The van der Waals surface area contributed by atoms with Crippen molar-refractivity contribution in [2.45, 2.75) is 43.4 Å². The second kappa shape index (κ2) is 14.1. The molecule has 4 unspecified atom stereocenters. The molecule has 4 atom stereocenters. The zero-order valence-corrected chi connectivity index (χ0v) is 25.0. The number of nitrogens with two attached hydrogens (primary N) is 1. The van der Waals surface area contributed by atoms with Gasteiger partial charge in [0.15, 0.2) is 0 Å². The Morgan fingerprint density at radius 1 is 0.756 bits per heavy atom. The number of carbonyl (C=O) groups excluding carboxylic acids is 3. The Bertz CT molecular complexity index is 1800. The van der Waals surface area contributed by atoms with E-state index in [1.165, 1.54) is 12.5 Å². The molecule has 5 aromatic rings. The third kappa shape index (κ3) is 7.53. The van der Waals surface area contributed by atoms with Gasteiger partial charge >= 0.3 is 5.97 Å². The van der Waals surface area contributed by atoms with Crippen LogP contribution in [0.25, 0.3) is 21.8 Å². The summed E-state index contributed by atoms with van der Waals surface area (Å²) in [5.74, 6) is -3.26. The summed E-state index contributed by atoms with van der Waals surface area (Å²) in [6, 6.07) is 10.6. The molecule has 0 aliphatic rings. The molecule has 9 N–H and O–H groups in total. The fourth-order valence-corrected chi connectivity index (χ4v) is 5.45. The van der Waals surface area contributed by atoms with Crippen molar-refractivity contribution in [3.05, 3.63) is 90.3 Å². The summed E-state index contributed by atoms with van der Waals surface area (Å²) < 4.78 is 0. The number of aromatic nitrogens is 4. The molecule has 0 radical (unpaired) electrons. The molecule has 0 saturated heterocycles. The highest BCUT2D eigenvalue weighted by atomic mass is 32.1. The number of benzene rings is 2. The summed E-state index contributed by atoms with van der Waals surface area (Å²) in [6.45, 7) is 0. The van der Waals surface area contributed by atoms with Gasteiger partial charge in [0.05, 0.1) is 12.4 Å². The lowest BCUT2D eigenvalue weighted by molar-refractivity contribution is -0.142. The normalized spacial score (nSPS) is 14.0. The molecule has 2 aromatic carbocycles. The number of hydrogen-bond acceptors (Lipinski definition) is 7. The minimum Gasteiger partial charge on any atom is -0.480 e. The van der Waals surface area contributed by atoms with Crippen molar-refractivity contribution < 1.29 is 24.3 Å². The SMILES string of the molecule is NC(Cc1c[nH]c2ccccc12)C(=O)NC(CS)C(=O)NC(Cc1c[nH]c2ccccc12)C(=O)NC(Cc1cnc[nH]1)C(=O)O. The number of imidazole rings is 1. The standard InChI is InChI=1S/C31H34N8O5S/c32-22(9-17-12-34-23-7-3-1-5-20(17)23)28(40)39-27(15-45)30(42)37-25(10-18-13-35-24-8-4-2-6-21(18)24)29(41)38-26(31(43)44)11-19-14-33-16-36-19/h1-8,12-14,16,22,25-27,34-35,45H,9-11,15,32H2,(H,33,36)(H,37,42)(H,38,41)(H,39,40)(H,43,44). The Kier molecular flexibility index (Phi) is 9.85. The molecule has 14 heteroatoms. The van der Waals surface area contributed by atoms with Gasteiger partial charge < -0.3 is 41.7 Å². The highest BCUT2D eigenvalue weighted by Crippen LogP contribution is 2.20. The molecule has 13 nitrogen and oxygen atoms in total. The molecule has 234 valence electrons. The largest absolute Gasteiger partial charge is 0.480 e. The van der Waals surface area contributed by atoms with E-state index in [1.54, 1.807) is 12.4 Å². The zero-order chi connectivity index (χ0) is 31.9. The number of nitrogens with zero attached hydrogens (tertiary/aromatic N) is 1. The van der Waals surface area contributed by atoms with Crippen molar-refractivity contribution >= 4 is 58.1 Å². The number of carboxylic acid groups (broad SMARTS) is 1. The Balaban J connectivity index is 1.30. The van der Waals surface area contributed by atoms with Gasteiger partial charge in [-0.15, -0.1) is 0 Å². The van der Waals surface area contributed by atoms with Crippen LogP contribution in [0.15, 0.2) is 73.4 Å². The summed E-state index contributed by atoms with van der Waals surface area (Å²) in [5, 5.41) is 19.5. The quantitative estimate of drug-likeness (QED) is 0.0818. The number of thiol groups is 1. The van der Waals surface area contributed by atoms with Gasteiger partial charge in [0, 0.05) is 64.7 Å². The van der Waals surface area contributed by atoms with Crippen molar-refractivity contribution in [3.8, 4) is 0 Å². The third-order valence-corrected chi connectivity index (χ3v) is 7.96. The zero-order valence-electron chi connectivity index (χ0n) is 24.1. The maximum absolute atomic E-state index is 13.6. The first kappa shape index (κ1) is 31.3. The molecular formula is C31H34N8O5S. The molecular weight excluding hydrogens is 596 g/mol. The van der Waals surface area contributed by atoms with Gasteiger partial charge in [-0.1, -0.05) is 36.4 Å². The molecule has 45 heavy (non-hydrogen) atoms. The lowest BCUT2D eigenvalue weighted by Crippen LogP contribution is -2.58. The van der Waals surface area contributed by atoms with Crippen LogP contribution in [0.2, 0.25) is 0 Å². The minimum absolute atomic E-state index is 0.0432. The van der Waals surface area contributed by atoms with Gasteiger partial charge in [0.25, 0.3) is 0 Å². The van der Waals surface area contributed by atoms with E-state index in [2.05, 4.69) is 48.5 Å². The molecule has 0 saturated carbocycles. The van der Waals surface area contributed by atoms with Crippen LogP contribution in [0.3, 0.4) is 0 Å². The molecule has 0 aliphatic carbocycles. The first-order valence-corrected chi connectivity index (χ1v) is 14.9. The second-order valence-electron chi connectivity index (χ2n) is 10.7. The number of aromatic amines is 3. The Labute approximate surface area is 263 Å². The summed E-state index contributed by atoms with van der Waals surface area (Å²) in [4.78, 5) is 65.1. The number of carboxylic acids is 1. The molecule has 0 spiro atoms. The van der Waals surface area contributed by atoms with Crippen LogP contribution in [0.4, 0.5) is 0 Å². The van der Waals surface area contributed by atoms with E-state index in [4.69, 9.17) is 5.73 Å². The molecule has 3 aromatic heterocycles. The smallest absolute Gasteiger partial charge is 0.326 e. The average molecular weight is 631 g/mol. The second-order valence-corrected chi connectivity index (χ2v) is 11.1. The molecule has 3 heterocycles. The number of fused-ring (bicyclic) bond motifs is 2. The Hall–Kier alpha value is -5.08. The first-order valence-electron chi connectivity index (χ1n) is 14.3. The maximum Gasteiger partial charge on any atom is 0.326 e. The van der Waals surface area contributed by atoms with Gasteiger partial charge in [0.2, 0.25) is 17.7 Å². The summed E-state index contributed by atoms with van der Waals surface area (Å²) >= 11 is 4.26. The number of H-pyrrole nitrogens is 3. The number of aliphatic carboxylic acids is 1. The van der Waals surface area contributed by atoms with E-state index in [-0.39, 0.29) is 25.0 Å². The van der Waals surface area contributed by atoms with Gasteiger partial charge in [-0.25, -0.2) is 9.78 Å². The third-order valence-electron chi connectivity index (χ3n) is 7.59. The number of carbonyl (C=O) groups is 4. The number of nitrogens with one attached hydrogen (secondary N) is 6. The highest BCUT2D eigenvalue weighted by molar-refractivity contribution is 7.80. The van der Waals surface area contributed by atoms with Gasteiger partial charge in [-0.3, -0.25) is 14.4 Å². The number of rotatable bonds is 14. The molecule has 3 amide bonds. The van der Waals surface area contributed by atoms with Crippen LogP contribution in [-0.4, -0.2) is 78.7 Å². The van der Waals surface area contributed by atoms with Gasteiger partial charge in [0.1, 0.15) is 18.1 Å². The van der Waals surface area contributed by atoms with Crippen molar-refractivity contribution in [2.24, 2.45) is 5.73 Å². The Morgan fingerprint density at radius 3 is 1.89 bits per heavy atom. The predicted molar refractivity (Wildman–Crippen MR) is 172 cm³/mol. The van der Waals surface area contributed by atoms with E-state index >= 15 is 0 Å². The monoisotopic (exact) mass is 630 g/mol. The van der Waals surface area contributed by atoms with Crippen molar-refractivity contribution in [1.29, 1.82) is 0 Å². The summed E-state index contributed by atoms with van der Waals surface area (Å²) in [7, 11) is 0. The van der Waals surface area contributed by atoms with Crippen LogP contribution in [0.5, 0.6) is 0 Å². The molecule has 0 fully saturated rings. The minimum atomic E-state index is -1.29. The molecule has 0 aliphatic heterocycles. The van der Waals surface area contributed by atoms with Crippen molar-refractivity contribution in [3.63, 3.8) is 0 Å². The fourth-order valence-electron chi connectivity index (χ4n) is 5.19. The van der Waals surface area contributed by atoms with Crippen LogP contribution in [-0.2, 0) is 38.4 Å². The number of hydrogen-bond donors (Lipinski definition) is 9. The number of para-hydroxylation sites is 2. The molecule has 0 bridgehead atoms. The van der Waals surface area contributed by atoms with Gasteiger partial charge in [-0.05, 0) is 29.7 Å². The van der Waals surface area contributed by atoms with E-state index in [0.29, 0.717) is 5.69 Å². The first-order chi connectivity index (χ1) is 21.7. The number of amides is 3. The Morgan fingerprint density at radius 2 is 1.31 bits per heavy atom. The average Bonchev–Trinajstić information content (AvgIpc) is 3.80. The summed E-state index contributed by atoms with van der Waals surface area (Å²) in [6.07, 6.45) is 6.65. The van der Waals surface area contributed by atoms with Gasteiger partial charge in [-0.2, -0.15) is 12.6 Å². The lowest BCUT2D eigenvalue weighted by atomic mass is 10.0. The van der Waals surface area contributed by atoms with Crippen molar-refractivity contribution in [1.82, 2.24) is 35.9 Å². The van der Waals surface area contributed by atoms with E-state index < -0.39 is 47.9 Å². The van der Waals surface area contributed by atoms with E-state index in [0.717, 1.165) is 32.9 Å². The topological polar surface area (TPSA) is 211 Å². The summed E-state index contributed by atoms with van der Waals surface area (Å²) in [5.41, 5.74) is 10.1. The van der Waals surface area contributed by atoms with Crippen LogP contribution in [0, 0.1) is 0 Å². The van der Waals surface area contributed by atoms with E-state index in [1.807, 2.05) is 48.5 Å². The van der Waals surface area contributed by atoms with Crippen LogP contribution in [0.1, 0.15) is 16.8 Å². The maximum atomic E-state index is 13.6. The lowest BCUT2D eigenvalue weighted by Gasteiger charge is -2.24.